The van der Waals surface area contributed by atoms with Crippen LogP contribution in [0.2, 0.25) is 0 Å². The van der Waals surface area contributed by atoms with Crippen LogP contribution in [0.3, 0.4) is 0 Å². The summed E-state index contributed by atoms with van der Waals surface area (Å²) in [5, 5.41) is 0. The molecule has 1 spiro atoms. The first kappa shape index (κ1) is 14.4. The Morgan fingerprint density at radius 1 is 1.15 bits per heavy atom. The highest BCUT2D eigenvalue weighted by molar-refractivity contribution is 5.78. The highest BCUT2D eigenvalue weighted by Crippen LogP contribution is 2.53. The zero-order valence-electron chi connectivity index (χ0n) is 13.4. The molecule has 0 N–H and O–H groups in total. The quantitative estimate of drug-likeness (QED) is 0.792. The first-order chi connectivity index (χ1) is 9.47. The van der Waals surface area contributed by atoms with Gasteiger partial charge in [-0.3, -0.25) is 4.79 Å². The van der Waals surface area contributed by atoms with Crippen LogP contribution >= 0.6 is 0 Å². The Labute approximate surface area is 123 Å². The smallest absolute Gasteiger partial charge is 0.225 e. The third-order valence-electron chi connectivity index (χ3n) is 5.74. The molecule has 0 radical (unpaired) electrons. The lowest BCUT2D eigenvalue weighted by Crippen LogP contribution is -2.60. The van der Waals surface area contributed by atoms with Gasteiger partial charge in [-0.15, -0.1) is 0 Å². The molecular weight excluding hydrogens is 248 g/mol. The summed E-state index contributed by atoms with van der Waals surface area (Å²) in [5.74, 6) is 2.38. The summed E-state index contributed by atoms with van der Waals surface area (Å²) in [6.07, 6.45) is 6.85. The molecule has 3 aliphatic rings. The van der Waals surface area contributed by atoms with Crippen LogP contribution in [0.5, 0.6) is 0 Å². The predicted octanol–water partition coefficient (Wildman–Crippen LogP) is 2.61. The summed E-state index contributed by atoms with van der Waals surface area (Å²) >= 11 is 0. The summed E-state index contributed by atoms with van der Waals surface area (Å²) in [6, 6.07) is 0. The number of likely N-dealkylation sites (tertiary alicyclic amines) is 2. The van der Waals surface area contributed by atoms with Crippen molar-refractivity contribution in [2.75, 3.05) is 33.2 Å². The monoisotopic (exact) mass is 278 g/mol. The van der Waals surface area contributed by atoms with Gasteiger partial charge in [-0.05, 0) is 56.4 Å². The molecule has 3 nitrogen and oxygen atoms in total. The van der Waals surface area contributed by atoms with Crippen molar-refractivity contribution in [2.45, 2.75) is 46.0 Å². The van der Waals surface area contributed by atoms with Gasteiger partial charge in [0.15, 0.2) is 0 Å². The topological polar surface area (TPSA) is 23.6 Å². The van der Waals surface area contributed by atoms with E-state index in [-0.39, 0.29) is 5.92 Å². The molecule has 0 atom stereocenters. The van der Waals surface area contributed by atoms with Crippen LogP contribution in [-0.4, -0.2) is 48.9 Å². The fourth-order valence-corrected chi connectivity index (χ4v) is 4.91. The largest absolute Gasteiger partial charge is 0.342 e. The van der Waals surface area contributed by atoms with E-state index in [2.05, 4.69) is 16.8 Å². The Bertz CT molecular complexity index is 357. The zero-order valence-corrected chi connectivity index (χ0v) is 13.4. The number of hydrogen-bond acceptors (Lipinski definition) is 2. The summed E-state index contributed by atoms with van der Waals surface area (Å²) < 4.78 is 0. The minimum absolute atomic E-state index is 0.161. The van der Waals surface area contributed by atoms with E-state index in [1.165, 1.54) is 45.2 Å². The molecule has 3 fully saturated rings. The first-order valence-corrected chi connectivity index (χ1v) is 8.45. The summed E-state index contributed by atoms with van der Waals surface area (Å²) in [6.45, 7) is 8.70. The van der Waals surface area contributed by atoms with Crippen molar-refractivity contribution >= 4 is 5.91 Å². The fourth-order valence-electron chi connectivity index (χ4n) is 4.91. The van der Waals surface area contributed by atoms with Crippen molar-refractivity contribution in [3.63, 3.8) is 0 Å². The zero-order chi connectivity index (χ0) is 14.3. The number of rotatable bonds is 3. The Kier molecular flexibility index (Phi) is 3.83. The van der Waals surface area contributed by atoms with Gasteiger partial charge >= 0.3 is 0 Å². The molecule has 20 heavy (non-hydrogen) atoms. The van der Waals surface area contributed by atoms with Crippen LogP contribution in [0.4, 0.5) is 0 Å². The Morgan fingerprint density at radius 3 is 2.25 bits per heavy atom. The molecule has 1 saturated carbocycles. The lowest BCUT2D eigenvalue weighted by Gasteiger charge is -2.59. The molecular formula is C17H30N2O. The minimum atomic E-state index is 0.161. The molecule has 0 aromatic rings. The summed E-state index contributed by atoms with van der Waals surface area (Å²) in [5.41, 5.74) is 0.730. The second-order valence-electron chi connectivity index (χ2n) is 8.11. The molecule has 3 rings (SSSR count). The molecule has 0 unspecified atom stereocenters. The van der Waals surface area contributed by atoms with E-state index >= 15 is 0 Å². The predicted molar refractivity (Wildman–Crippen MR) is 81.4 cm³/mol. The number of piperidine rings is 1. The molecule has 3 heteroatoms. The van der Waals surface area contributed by atoms with Crippen LogP contribution in [0.15, 0.2) is 0 Å². The molecule has 0 aromatic carbocycles. The van der Waals surface area contributed by atoms with Crippen molar-refractivity contribution in [2.24, 2.45) is 23.2 Å². The molecule has 114 valence electrons. The SMILES string of the molecule is CC(C)C(=O)N1CCC(CC2CC3(C2)CN(C)C3)CC1. The first-order valence-electron chi connectivity index (χ1n) is 8.45. The number of nitrogens with zero attached hydrogens (tertiary/aromatic N) is 2. The average molecular weight is 278 g/mol. The molecule has 2 heterocycles. The van der Waals surface area contributed by atoms with Crippen molar-refractivity contribution in [3.05, 3.63) is 0 Å². The van der Waals surface area contributed by atoms with Crippen molar-refractivity contribution in [1.29, 1.82) is 0 Å². The van der Waals surface area contributed by atoms with E-state index in [0.717, 1.165) is 30.3 Å². The van der Waals surface area contributed by atoms with Gasteiger partial charge in [0, 0.05) is 32.1 Å². The summed E-state index contributed by atoms with van der Waals surface area (Å²) in [7, 11) is 2.24. The molecule has 0 bridgehead atoms. The van der Waals surface area contributed by atoms with Gasteiger partial charge in [0.05, 0.1) is 0 Å². The van der Waals surface area contributed by atoms with E-state index < -0.39 is 0 Å². The number of hydrogen-bond donors (Lipinski definition) is 0. The average Bonchev–Trinajstić information content (AvgIpc) is 2.34. The van der Waals surface area contributed by atoms with Crippen LogP contribution in [0, 0.1) is 23.2 Å². The lowest BCUT2D eigenvalue weighted by molar-refractivity contribution is -0.136. The maximum absolute atomic E-state index is 12.0. The van der Waals surface area contributed by atoms with E-state index in [0.29, 0.717) is 5.91 Å². The Hall–Kier alpha value is -0.570. The minimum Gasteiger partial charge on any atom is -0.342 e. The molecule has 1 amide bonds. The van der Waals surface area contributed by atoms with E-state index in [1.54, 1.807) is 0 Å². The lowest BCUT2D eigenvalue weighted by atomic mass is 9.56. The van der Waals surface area contributed by atoms with E-state index in [1.807, 2.05) is 13.8 Å². The van der Waals surface area contributed by atoms with Gasteiger partial charge in [-0.25, -0.2) is 0 Å². The van der Waals surface area contributed by atoms with Crippen LogP contribution < -0.4 is 0 Å². The van der Waals surface area contributed by atoms with Crippen LogP contribution in [0.25, 0.3) is 0 Å². The molecule has 2 aliphatic heterocycles. The third-order valence-corrected chi connectivity index (χ3v) is 5.74. The van der Waals surface area contributed by atoms with Gasteiger partial charge in [-0.2, -0.15) is 0 Å². The molecule has 0 aromatic heterocycles. The maximum Gasteiger partial charge on any atom is 0.225 e. The third kappa shape index (κ3) is 2.74. The van der Waals surface area contributed by atoms with Gasteiger partial charge in [-0.1, -0.05) is 13.8 Å². The second-order valence-corrected chi connectivity index (χ2v) is 8.11. The number of carbonyl (C=O) groups excluding carboxylic acids is 1. The van der Waals surface area contributed by atoms with Crippen LogP contribution in [-0.2, 0) is 4.79 Å². The van der Waals surface area contributed by atoms with Crippen molar-refractivity contribution in [1.82, 2.24) is 9.80 Å². The Morgan fingerprint density at radius 2 is 1.75 bits per heavy atom. The number of amides is 1. The van der Waals surface area contributed by atoms with Crippen molar-refractivity contribution in [3.8, 4) is 0 Å². The van der Waals surface area contributed by atoms with Gasteiger partial charge < -0.3 is 9.80 Å². The molecule has 1 aliphatic carbocycles. The molecule has 2 saturated heterocycles. The summed E-state index contributed by atoms with van der Waals surface area (Å²) in [4.78, 5) is 16.5. The van der Waals surface area contributed by atoms with Gasteiger partial charge in [0.2, 0.25) is 5.91 Å². The standard InChI is InChI=1S/C17H30N2O/c1-13(2)16(20)19-6-4-14(5-7-19)8-15-9-17(10-15)11-18(3)12-17/h13-15H,4-12H2,1-3H3. The van der Waals surface area contributed by atoms with E-state index in [4.69, 9.17) is 0 Å². The normalized spacial score (nSPS) is 27.7. The fraction of sp³-hybridized carbons (Fsp3) is 0.941. The maximum atomic E-state index is 12.0. The Balaban J connectivity index is 1.37. The number of carbonyl (C=O) groups is 1. The van der Waals surface area contributed by atoms with Gasteiger partial charge in [0.25, 0.3) is 0 Å². The highest BCUT2D eigenvalue weighted by atomic mass is 16.2. The van der Waals surface area contributed by atoms with Crippen LogP contribution in [0.1, 0.15) is 46.0 Å². The highest BCUT2D eigenvalue weighted by Gasteiger charge is 2.50. The second kappa shape index (κ2) is 5.32. The van der Waals surface area contributed by atoms with Crippen molar-refractivity contribution < 1.29 is 4.79 Å². The van der Waals surface area contributed by atoms with E-state index in [9.17, 15) is 4.79 Å². The van der Waals surface area contributed by atoms with Gasteiger partial charge in [0.1, 0.15) is 0 Å².